The number of hydrogen-bond donors (Lipinski definition) is 5. The fraction of sp³-hybridized carbons (Fsp3) is 0.280. The van der Waals surface area contributed by atoms with Gasteiger partial charge in [-0.05, 0) is 36.8 Å². The summed E-state index contributed by atoms with van der Waals surface area (Å²) in [6.45, 7) is -2.16. The molecule has 4 rings (SSSR count). The molecule has 10 nitrogen and oxygen atoms in total. The van der Waals surface area contributed by atoms with Crippen molar-refractivity contribution in [3.63, 3.8) is 0 Å². The summed E-state index contributed by atoms with van der Waals surface area (Å²) in [6.07, 6.45) is 2.85. The van der Waals surface area contributed by atoms with Gasteiger partial charge in [0.2, 0.25) is 11.8 Å². The Morgan fingerprint density at radius 2 is 1.87 bits per heavy atom. The van der Waals surface area contributed by atoms with E-state index in [-0.39, 0.29) is 18.4 Å². The summed E-state index contributed by atoms with van der Waals surface area (Å²) in [5, 5.41) is 12.9. The van der Waals surface area contributed by atoms with Crippen LogP contribution in [0.15, 0.2) is 59.0 Å². The molecule has 3 aliphatic rings. The van der Waals surface area contributed by atoms with E-state index in [1.54, 1.807) is 47.8 Å². The number of carbonyl (C=O) groups excluding carboxylic acids is 4. The molecule has 2 aliphatic heterocycles. The number of allylic oxidation sites excluding steroid dienone is 3. The van der Waals surface area contributed by atoms with Crippen molar-refractivity contribution in [2.75, 3.05) is 37.4 Å². The first-order valence-corrected chi connectivity index (χ1v) is 11.5. The summed E-state index contributed by atoms with van der Waals surface area (Å²) in [5.41, 5.74) is 4.10. The van der Waals surface area contributed by atoms with Crippen LogP contribution in [0.4, 0.5) is 24.5 Å². The highest BCUT2D eigenvalue weighted by molar-refractivity contribution is 6.03. The SMILES string of the molecule is COC(=O)C1=CCC2C(=C1)NC(=O)/C2=C1/C=Cc2cc(NC(=O)CNCC(=O)NCC(F)(F)F)ccc2N1. The number of fused-ring (bicyclic) bond motifs is 2. The average molecular weight is 531 g/mol. The van der Waals surface area contributed by atoms with E-state index in [0.717, 1.165) is 5.56 Å². The number of amides is 3. The van der Waals surface area contributed by atoms with Crippen molar-refractivity contribution in [2.24, 2.45) is 5.92 Å². The van der Waals surface area contributed by atoms with Crippen LogP contribution in [-0.2, 0) is 23.9 Å². The van der Waals surface area contributed by atoms with E-state index in [0.29, 0.717) is 40.3 Å². The number of nitrogens with one attached hydrogen (secondary N) is 5. The fourth-order valence-corrected chi connectivity index (χ4v) is 4.19. The van der Waals surface area contributed by atoms with Crippen molar-refractivity contribution in [1.82, 2.24) is 16.0 Å². The molecule has 0 saturated carbocycles. The standard InChI is InChI=1S/C25H24F3N5O5/c1-38-24(37)14-2-5-16-19(9-14)33-23(36)22(16)18-6-3-13-8-15(4-7-17(13)32-18)31-21(35)11-29-10-20(34)30-12-25(26,27)28/h2-4,6-9,16,29,32H,5,10-12H2,1H3,(H,30,34)(H,31,35)(H,33,36)/b22-18-. The molecule has 1 saturated heterocycles. The minimum Gasteiger partial charge on any atom is -0.465 e. The summed E-state index contributed by atoms with van der Waals surface area (Å²) >= 11 is 0. The number of anilines is 2. The molecule has 3 amide bonds. The molecule has 1 aromatic carbocycles. The Bertz CT molecular complexity index is 1310. The van der Waals surface area contributed by atoms with Gasteiger partial charge in [0, 0.05) is 39.8 Å². The summed E-state index contributed by atoms with van der Waals surface area (Å²) in [4.78, 5) is 48.1. The van der Waals surface area contributed by atoms with Crippen LogP contribution < -0.4 is 26.6 Å². The number of halogens is 3. The Kier molecular flexibility index (Phi) is 7.67. The topological polar surface area (TPSA) is 138 Å². The zero-order chi connectivity index (χ0) is 27.4. The van der Waals surface area contributed by atoms with Crippen LogP contribution in [0.1, 0.15) is 12.0 Å². The summed E-state index contributed by atoms with van der Waals surface area (Å²) in [5.74, 6) is -2.33. The molecule has 1 atom stereocenters. The minimum absolute atomic E-state index is 0.230. The van der Waals surface area contributed by atoms with Gasteiger partial charge in [0.1, 0.15) is 6.54 Å². The van der Waals surface area contributed by atoms with E-state index in [4.69, 9.17) is 4.74 Å². The number of rotatable bonds is 7. The van der Waals surface area contributed by atoms with Crippen molar-refractivity contribution in [1.29, 1.82) is 0 Å². The van der Waals surface area contributed by atoms with Crippen molar-refractivity contribution < 1.29 is 37.1 Å². The Hall–Kier alpha value is -4.39. The highest BCUT2D eigenvalue weighted by atomic mass is 19.4. The van der Waals surface area contributed by atoms with Gasteiger partial charge >= 0.3 is 12.1 Å². The second kappa shape index (κ2) is 10.9. The van der Waals surface area contributed by atoms with Gasteiger partial charge in [-0.25, -0.2) is 4.79 Å². The lowest BCUT2D eigenvalue weighted by Gasteiger charge is -2.21. The Morgan fingerprint density at radius 1 is 1.11 bits per heavy atom. The van der Waals surface area contributed by atoms with Gasteiger partial charge in [-0.15, -0.1) is 0 Å². The van der Waals surface area contributed by atoms with Crippen molar-refractivity contribution in [2.45, 2.75) is 12.6 Å². The molecule has 1 unspecified atom stereocenters. The number of alkyl halides is 3. The summed E-state index contributed by atoms with van der Waals surface area (Å²) in [6, 6.07) is 5.08. The first kappa shape index (κ1) is 26.7. The lowest BCUT2D eigenvalue weighted by molar-refractivity contribution is -0.137. The number of ether oxygens (including phenoxy) is 1. The van der Waals surface area contributed by atoms with Crippen molar-refractivity contribution in [3.8, 4) is 0 Å². The molecule has 1 aromatic rings. The molecule has 1 fully saturated rings. The normalized spacial score (nSPS) is 19.8. The third-order valence-electron chi connectivity index (χ3n) is 5.91. The van der Waals surface area contributed by atoms with E-state index in [1.807, 2.05) is 0 Å². The summed E-state index contributed by atoms with van der Waals surface area (Å²) in [7, 11) is 1.29. The third-order valence-corrected chi connectivity index (χ3v) is 5.91. The van der Waals surface area contributed by atoms with Gasteiger partial charge in [-0.2, -0.15) is 13.2 Å². The maximum absolute atomic E-state index is 12.7. The van der Waals surface area contributed by atoms with Crippen LogP contribution >= 0.6 is 0 Å². The van der Waals surface area contributed by atoms with Gasteiger partial charge in [0.15, 0.2) is 0 Å². The second-order valence-corrected chi connectivity index (χ2v) is 8.62. The van der Waals surface area contributed by atoms with Gasteiger partial charge in [0.25, 0.3) is 5.91 Å². The highest BCUT2D eigenvalue weighted by Gasteiger charge is 2.37. The number of carbonyl (C=O) groups is 4. The smallest absolute Gasteiger partial charge is 0.405 e. The number of hydrogen-bond acceptors (Lipinski definition) is 7. The Balaban J connectivity index is 1.35. The van der Waals surface area contributed by atoms with E-state index in [9.17, 15) is 32.3 Å². The van der Waals surface area contributed by atoms with E-state index in [1.165, 1.54) is 7.11 Å². The minimum atomic E-state index is -4.51. The van der Waals surface area contributed by atoms with Crippen LogP contribution in [0.5, 0.6) is 0 Å². The van der Waals surface area contributed by atoms with Gasteiger partial charge in [-0.1, -0.05) is 12.2 Å². The number of benzene rings is 1. The maximum Gasteiger partial charge on any atom is 0.405 e. The molecule has 0 bridgehead atoms. The van der Waals surface area contributed by atoms with Crippen LogP contribution in [0, 0.1) is 5.92 Å². The quantitative estimate of drug-likeness (QED) is 0.267. The first-order valence-electron chi connectivity index (χ1n) is 11.5. The largest absolute Gasteiger partial charge is 0.465 e. The lowest BCUT2D eigenvalue weighted by Crippen LogP contribution is -2.41. The second-order valence-electron chi connectivity index (χ2n) is 8.62. The molecule has 38 heavy (non-hydrogen) atoms. The Labute approximate surface area is 215 Å². The highest BCUT2D eigenvalue weighted by Crippen LogP contribution is 2.38. The van der Waals surface area contributed by atoms with Crippen LogP contribution in [0.25, 0.3) is 6.08 Å². The maximum atomic E-state index is 12.7. The van der Waals surface area contributed by atoms with Crippen molar-refractivity contribution >= 4 is 41.1 Å². The molecule has 0 radical (unpaired) electrons. The fourth-order valence-electron chi connectivity index (χ4n) is 4.19. The van der Waals surface area contributed by atoms with E-state index in [2.05, 4.69) is 21.3 Å². The zero-order valence-electron chi connectivity index (χ0n) is 20.1. The molecule has 1 aliphatic carbocycles. The van der Waals surface area contributed by atoms with E-state index >= 15 is 0 Å². The number of esters is 1. The first-order chi connectivity index (χ1) is 18.0. The van der Waals surface area contributed by atoms with E-state index < -0.39 is 37.0 Å². The molecule has 13 heteroatoms. The number of methoxy groups -OCH3 is 1. The monoisotopic (exact) mass is 531 g/mol. The Morgan fingerprint density at radius 3 is 2.61 bits per heavy atom. The molecule has 0 spiro atoms. The predicted molar refractivity (Wildman–Crippen MR) is 131 cm³/mol. The van der Waals surface area contributed by atoms with Crippen LogP contribution in [0.2, 0.25) is 0 Å². The molecular formula is C25H24F3N5O5. The van der Waals surface area contributed by atoms with Crippen molar-refractivity contribution in [3.05, 3.63) is 64.5 Å². The third kappa shape index (κ3) is 6.29. The average Bonchev–Trinajstić information content (AvgIpc) is 3.21. The summed E-state index contributed by atoms with van der Waals surface area (Å²) < 4.78 is 41.1. The van der Waals surface area contributed by atoms with Crippen LogP contribution in [-0.4, -0.2) is 56.6 Å². The van der Waals surface area contributed by atoms with Gasteiger partial charge < -0.3 is 26.0 Å². The zero-order valence-corrected chi connectivity index (χ0v) is 20.1. The molecule has 5 N–H and O–H groups in total. The van der Waals surface area contributed by atoms with Gasteiger partial charge in [0.05, 0.1) is 25.8 Å². The lowest BCUT2D eigenvalue weighted by atomic mass is 9.88. The molecule has 200 valence electrons. The van der Waals surface area contributed by atoms with Gasteiger partial charge in [-0.3, -0.25) is 19.7 Å². The molecule has 2 heterocycles. The molecular weight excluding hydrogens is 507 g/mol. The predicted octanol–water partition coefficient (Wildman–Crippen LogP) is 1.72. The molecule has 0 aromatic heterocycles. The van der Waals surface area contributed by atoms with Crippen LogP contribution in [0.3, 0.4) is 0 Å².